The minimum Gasteiger partial charge on any atom is -0.313 e. The van der Waals surface area contributed by atoms with E-state index in [1.165, 1.54) is 16.9 Å². The Morgan fingerprint density at radius 1 is 1.00 bits per heavy atom. The molecule has 0 bridgehead atoms. The number of aryl methyl sites for hydroxylation is 1. The van der Waals surface area contributed by atoms with Crippen molar-refractivity contribution < 1.29 is 4.79 Å². The molecule has 0 aliphatic carbocycles. The van der Waals surface area contributed by atoms with Gasteiger partial charge in [-0.05, 0) is 49.4 Å². The van der Waals surface area contributed by atoms with Crippen molar-refractivity contribution in [3.63, 3.8) is 0 Å². The van der Waals surface area contributed by atoms with Crippen molar-refractivity contribution in [1.82, 2.24) is 9.71 Å². The quantitative estimate of drug-likeness (QED) is 0.226. The highest BCUT2D eigenvalue weighted by atomic mass is 32.2. The number of nitrogens with zero attached hydrogens (tertiary/aromatic N) is 3. The first-order chi connectivity index (χ1) is 16.6. The summed E-state index contributed by atoms with van der Waals surface area (Å²) in [6.07, 6.45) is 0.787. The Morgan fingerprint density at radius 3 is 2.15 bits per heavy atom. The maximum atomic E-state index is 11.1. The summed E-state index contributed by atoms with van der Waals surface area (Å²) >= 11 is 3.20. The van der Waals surface area contributed by atoms with Crippen molar-refractivity contribution in [2.75, 3.05) is 11.9 Å². The molecule has 0 aliphatic heterocycles. The first-order valence-corrected chi connectivity index (χ1v) is 12.5. The van der Waals surface area contributed by atoms with Crippen LogP contribution in [0.2, 0.25) is 0 Å². The van der Waals surface area contributed by atoms with E-state index >= 15 is 0 Å². The summed E-state index contributed by atoms with van der Waals surface area (Å²) in [5, 5.41) is 9.75. The fourth-order valence-corrected chi connectivity index (χ4v) is 4.50. The Kier molecular flexibility index (Phi) is 9.86. The van der Waals surface area contributed by atoms with Gasteiger partial charge in [-0.25, -0.2) is 4.98 Å². The molecule has 0 saturated heterocycles. The number of rotatable bonds is 8. The third kappa shape index (κ3) is 7.29. The van der Waals surface area contributed by atoms with E-state index in [0.717, 1.165) is 33.3 Å². The Morgan fingerprint density at radius 2 is 1.62 bits per heavy atom. The zero-order valence-corrected chi connectivity index (χ0v) is 20.8. The van der Waals surface area contributed by atoms with Crippen LogP contribution in [0, 0.1) is 18.3 Å². The van der Waals surface area contributed by atoms with Gasteiger partial charge < -0.3 is 4.90 Å². The van der Waals surface area contributed by atoms with Gasteiger partial charge in [0.05, 0.1) is 18.2 Å². The molecule has 3 aromatic carbocycles. The average molecular weight is 487 g/mol. The molecular formula is C27H26N4OS2. The second kappa shape index (κ2) is 13.3. The number of carbonyl (C=O) groups excluding carboxylic acids is 1. The van der Waals surface area contributed by atoms with Crippen LogP contribution in [-0.2, 0) is 12.3 Å². The van der Waals surface area contributed by atoms with Crippen molar-refractivity contribution in [2.45, 2.75) is 19.2 Å². The molecule has 4 aromatic rings. The summed E-state index contributed by atoms with van der Waals surface area (Å²) in [4.78, 5) is 18.5. The molecule has 1 heterocycles. The maximum absolute atomic E-state index is 11.1. The van der Waals surface area contributed by atoms with Crippen LogP contribution >= 0.6 is 23.3 Å². The van der Waals surface area contributed by atoms with Crippen LogP contribution in [-0.4, -0.2) is 18.3 Å². The lowest BCUT2D eigenvalue weighted by Crippen LogP contribution is -2.16. The summed E-state index contributed by atoms with van der Waals surface area (Å²) in [6, 6.07) is 30.0. The average Bonchev–Trinajstić information content (AvgIpc) is 3.28. The summed E-state index contributed by atoms with van der Waals surface area (Å²) in [5.74, 6) is 1.04. The fraction of sp³-hybridized carbons (Fsp3) is 0.148. The molecule has 172 valence electrons. The number of benzene rings is 3. The monoisotopic (exact) mass is 486 g/mol. The largest absolute Gasteiger partial charge is 0.313 e. The van der Waals surface area contributed by atoms with Gasteiger partial charge in [-0.2, -0.15) is 5.26 Å². The number of hydrogen-bond donors (Lipinski definition) is 1. The second-order valence-corrected chi connectivity index (χ2v) is 9.43. The molecule has 0 fully saturated rings. The summed E-state index contributed by atoms with van der Waals surface area (Å²) < 4.78 is 3.03. The van der Waals surface area contributed by atoms with E-state index in [4.69, 9.17) is 5.26 Å². The fourth-order valence-electron chi connectivity index (χ4n) is 3.10. The van der Waals surface area contributed by atoms with Crippen LogP contribution < -0.4 is 9.62 Å². The number of nitrogens with one attached hydrogen (secondary N) is 1. The van der Waals surface area contributed by atoms with Crippen LogP contribution in [0.15, 0.2) is 84.9 Å². The van der Waals surface area contributed by atoms with Crippen LogP contribution in [0.1, 0.15) is 32.1 Å². The molecule has 0 amide bonds. The number of aldehydes is 1. The van der Waals surface area contributed by atoms with Gasteiger partial charge in [0.15, 0.2) is 11.4 Å². The van der Waals surface area contributed by atoms with Gasteiger partial charge in [-0.1, -0.05) is 72.6 Å². The molecule has 0 spiro atoms. The van der Waals surface area contributed by atoms with E-state index in [0.29, 0.717) is 17.8 Å². The van der Waals surface area contributed by atoms with Crippen molar-refractivity contribution in [3.8, 4) is 6.07 Å². The Balaban J connectivity index is 0.000000271. The van der Waals surface area contributed by atoms with Crippen molar-refractivity contribution >= 4 is 40.4 Å². The molecule has 0 aliphatic rings. The van der Waals surface area contributed by atoms with Gasteiger partial charge in [0, 0.05) is 16.3 Å². The van der Waals surface area contributed by atoms with Gasteiger partial charge >= 0.3 is 0 Å². The standard InChI is InChI=1S/C19H15N3OS.C8H11NS/c1-14-18(13-23)21-19(24-14)22(12-16-5-3-2-4-6-16)17-9-7-15(11-20)8-10-17;1-9-10-7-8-5-3-2-4-6-8/h2-10,13H,12H2,1H3;2-6,9H,7H2,1H3. The molecule has 0 radical (unpaired) electrons. The van der Waals surface area contributed by atoms with Crippen LogP contribution in [0.25, 0.3) is 0 Å². The Hall–Kier alpha value is -3.44. The molecule has 7 heteroatoms. The maximum Gasteiger partial charge on any atom is 0.191 e. The molecule has 0 saturated carbocycles. The lowest BCUT2D eigenvalue weighted by Gasteiger charge is -2.22. The third-order valence-corrected chi connectivity index (χ3v) is 6.66. The number of hydrogen-bond acceptors (Lipinski definition) is 7. The minimum atomic E-state index is 0.474. The molecular weight excluding hydrogens is 460 g/mol. The van der Waals surface area contributed by atoms with Crippen molar-refractivity contribution in [2.24, 2.45) is 0 Å². The molecule has 4 rings (SSSR count). The zero-order valence-electron chi connectivity index (χ0n) is 19.1. The van der Waals surface area contributed by atoms with Crippen molar-refractivity contribution in [3.05, 3.63) is 112 Å². The van der Waals surface area contributed by atoms with E-state index in [1.807, 2.05) is 50.4 Å². The lowest BCUT2D eigenvalue weighted by molar-refractivity contribution is 0.111. The summed E-state index contributed by atoms with van der Waals surface area (Å²) in [5.41, 5.74) is 4.53. The smallest absolute Gasteiger partial charge is 0.191 e. The van der Waals surface area contributed by atoms with Crippen LogP contribution in [0.4, 0.5) is 10.8 Å². The Labute approximate surface area is 209 Å². The predicted octanol–water partition coefficient (Wildman–Crippen LogP) is 6.53. The van der Waals surface area contributed by atoms with E-state index in [-0.39, 0.29) is 0 Å². The molecule has 34 heavy (non-hydrogen) atoms. The predicted molar refractivity (Wildman–Crippen MR) is 142 cm³/mol. The van der Waals surface area contributed by atoms with Gasteiger partial charge in [0.2, 0.25) is 0 Å². The molecule has 5 nitrogen and oxygen atoms in total. The van der Waals surface area contributed by atoms with Gasteiger partial charge in [0.1, 0.15) is 5.69 Å². The second-order valence-electron chi connectivity index (χ2n) is 7.26. The van der Waals surface area contributed by atoms with E-state index < -0.39 is 0 Å². The number of anilines is 2. The first-order valence-electron chi connectivity index (χ1n) is 10.7. The highest BCUT2D eigenvalue weighted by Crippen LogP contribution is 2.32. The highest BCUT2D eigenvalue weighted by Gasteiger charge is 2.16. The molecule has 0 unspecified atom stereocenters. The normalized spacial score (nSPS) is 10.0. The van der Waals surface area contributed by atoms with Gasteiger partial charge in [-0.3, -0.25) is 9.52 Å². The first kappa shape index (κ1) is 25.2. The third-order valence-electron chi connectivity index (χ3n) is 4.88. The van der Waals surface area contributed by atoms with Crippen LogP contribution in [0.5, 0.6) is 0 Å². The van der Waals surface area contributed by atoms with Gasteiger partial charge in [-0.15, -0.1) is 11.3 Å². The topological polar surface area (TPSA) is 69.0 Å². The summed E-state index contributed by atoms with van der Waals surface area (Å²) in [7, 11) is 1.94. The van der Waals surface area contributed by atoms with E-state index in [9.17, 15) is 4.79 Å². The molecule has 1 N–H and O–H groups in total. The summed E-state index contributed by atoms with van der Waals surface area (Å²) in [6.45, 7) is 2.53. The number of thiazole rings is 1. The SMILES string of the molecule is CNSCc1ccccc1.Cc1sc(N(Cc2ccccc2)c2ccc(C#N)cc2)nc1C=O. The lowest BCUT2D eigenvalue weighted by atomic mass is 10.2. The number of aromatic nitrogens is 1. The van der Waals surface area contributed by atoms with Crippen LogP contribution in [0.3, 0.4) is 0 Å². The minimum absolute atomic E-state index is 0.474. The van der Waals surface area contributed by atoms with Gasteiger partial charge in [0.25, 0.3) is 0 Å². The molecule has 0 atom stereocenters. The van der Waals surface area contributed by atoms with Crippen molar-refractivity contribution in [1.29, 1.82) is 5.26 Å². The molecule has 1 aromatic heterocycles. The van der Waals surface area contributed by atoms with E-state index in [2.05, 4.69) is 57.1 Å². The zero-order chi connectivity index (χ0) is 24.2. The van der Waals surface area contributed by atoms with E-state index in [1.54, 1.807) is 24.1 Å². The number of carbonyl (C=O) groups is 1. The highest BCUT2D eigenvalue weighted by molar-refractivity contribution is 7.96. The number of nitriles is 1. The Bertz CT molecular complexity index is 1200.